The molecule has 0 fully saturated rings. The largest absolute Gasteiger partial charge is 0.493 e. The van der Waals surface area contributed by atoms with Gasteiger partial charge in [-0.2, -0.15) is 0 Å². The van der Waals surface area contributed by atoms with Crippen molar-refractivity contribution in [3.63, 3.8) is 0 Å². The number of hydrogen-bond acceptors (Lipinski definition) is 3. The molecule has 0 heterocycles. The summed E-state index contributed by atoms with van der Waals surface area (Å²) in [6.07, 6.45) is 0. The molecule has 20 heavy (non-hydrogen) atoms. The number of rotatable bonds is 5. The van der Waals surface area contributed by atoms with Gasteiger partial charge in [-0.25, -0.2) is 0 Å². The average Bonchev–Trinajstić information content (AvgIpc) is 2.47. The minimum Gasteiger partial charge on any atom is -0.493 e. The van der Waals surface area contributed by atoms with E-state index in [0.717, 1.165) is 31.7 Å². The second-order valence-electron chi connectivity index (χ2n) is 4.17. The van der Waals surface area contributed by atoms with Crippen LogP contribution in [0.2, 0.25) is 0 Å². The summed E-state index contributed by atoms with van der Waals surface area (Å²) in [5.74, 6) is 1.47. The van der Waals surface area contributed by atoms with E-state index in [1.54, 1.807) is 14.2 Å². The van der Waals surface area contributed by atoms with Crippen LogP contribution in [-0.2, 0) is 6.54 Å². The zero-order chi connectivity index (χ0) is 14.5. The Bertz CT molecular complexity index is 602. The Kier molecular flexibility index (Phi) is 5.31. The fourth-order valence-corrected chi connectivity index (χ4v) is 2.57. The summed E-state index contributed by atoms with van der Waals surface area (Å²) >= 11 is 6.99. The van der Waals surface area contributed by atoms with Gasteiger partial charge in [0, 0.05) is 21.2 Å². The Hall–Kier alpha value is -1.20. The maximum Gasteiger partial charge on any atom is 0.161 e. The fraction of sp³-hybridized carbons (Fsp3) is 0.200. The zero-order valence-corrected chi connectivity index (χ0v) is 14.4. The first kappa shape index (κ1) is 15.2. The Morgan fingerprint density at radius 2 is 1.70 bits per heavy atom. The molecule has 0 unspecified atom stereocenters. The lowest BCUT2D eigenvalue weighted by atomic mass is 10.2. The van der Waals surface area contributed by atoms with Crippen LogP contribution in [0.3, 0.4) is 0 Å². The van der Waals surface area contributed by atoms with Crippen LogP contribution in [0.1, 0.15) is 5.56 Å². The van der Waals surface area contributed by atoms with E-state index in [-0.39, 0.29) is 0 Å². The minimum absolute atomic E-state index is 0.704. The van der Waals surface area contributed by atoms with Gasteiger partial charge >= 0.3 is 0 Å². The molecule has 0 saturated carbocycles. The van der Waals surface area contributed by atoms with Crippen molar-refractivity contribution in [2.75, 3.05) is 19.5 Å². The molecular weight excluding hydrogens is 386 g/mol. The monoisotopic (exact) mass is 399 g/mol. The molecular formula is C15H15Br2NO2. The van der Waals surface area contributed by atoms with E-state index in [9.17, 15) is 0 Å². The number of methoxy groups -OCH3 is 2. The first-order chi connectivity index (χ1) is 9.63. The Balaban J connectivity index is 2.12. The maximum atomic E-state index is 5.30. The molecule has 3 nitrogen and oxygen atoms in total. The number of hydrogen-bond donors (Lipinski definition) is 1. The molecule has 0 aliphatic carbocycles. The second-order valence-corrected chi connectivity index (χ2v) is 5.94. The van der Waals surface area contributed by atoms with Crippen LogP contribution in [0.25, 0.3) is 0 Å². The average molecular weight is 401 g/mol. The maximum absolute atomic E-state index is 5.30. The Labute approximate surface area is 135 Å². The third-order valence-corrected chi connectivity index (χ3v) is 4.04. The lowest BCUT2D eigenvalue weighted by molar-refractivity contribution is 0.354. The van der Waals surface area contributed by atoms with E-state index in [2.05, 4.69) is 37.2 Å². The van der Waals surface area contributed by atoms with Gasteiger partial charge in [-0.15, -0.1) is 0 Å². The van der Waals surface area contributed by atoms with Crippen LogP contribution in [0, 0.1) is 0 Å². The molecule has 0 radical (unpaired) electrons. The topological polar surface area (TPSA) is 30.5 Å². The first-order valence-corrected chi connectivity index (χ1v) is 7.62. The summed E-state index contributed by atoms with van der Waals surface area (Å²) in [6.45, 7) is 0.704. The number of nitrogens with one attached hydrogen (secondary N) is 1. The van der Waals surface area contributed by atoms with Crippen LogP contribution < -0.4 is 14.8 Å². The summed E-state index contributed by atoms with van der Waals surface area (Å²) in [4.78, 5) is 0. The van der Waals surface area contributed by atoms with Gasteiger partial charge in [-0.05, 0) is 51.8 Å². The summed E-state index contributed by atoms with van der Waals surface area (Å²) in [5, 5.41) is 3.39. The number of anilines is 1. The van der Waals surface area contributed by atoms with Gasteiger partial charge < -0.3 is 14.8 Å². The van der Waals surface area contributed by atoms with Gasteiger partial charge in [0.15, 0.2) is 11.5 Å². The molecule has 106 valence electrons. The van der Waals surface area contributed by atoms with Crippen LogP contribution in [-0.4, -0.2) is 14.2 Å². The summed E-state index contributed by atoms with van der Waals surface area (Å²) in [5.41, 5.74) is 2.16. The van der Waals surface area contributed by atoms with E-state index >= 15 is 0 Å². The molecule has 0 bridgehead atoms. The van der Waals surface area contributed by atoms with E-state index in [1.165, 1.54) is 0 Å². The second kappa shape index (κ2) is 6.99. The van der Waals surface area contributed by atoms with Gasteiger partial charge in [0.05, 0.1) is 14.2 Å². The molecule has 5 heteroatoms. The van der Waals surface area contributed by atoms with Crippen molar-refractivity contribution in [2.24, 2.45) is 0 Å². The highest BCUT2D eigenvalue weighted by atomic mass is 79.9. The van der Waals surface area contributed by atoms with E-state index in [1.807, 2.05) is 36.4 Å². The van der Waals surface area contributed by atoms with Crippen molar-refractivity contribution in [1.29, 1.82) is 0 Å². The molecule has 2 rings (SSSR count). The molecule has 0 saturated heterocycles. The molecule has 1 N–H and O–H groups in total. The third kappa shape index (κ3) is 3.67. The molecule has 2 aromatic carbocycles. The summed E-state index contributed by atoms with van der Waals surface area (Å²) in [6, 6.07) is 11.9. The van der Waals surface area contributed by atoms with E-state index < -0.39 is 0 Å². The van der Waals surface area contributed by atoms with Gasteiger partial charge in [-0.1, -0.05) is 22.0 Å². The third-order valence-electron chi connectivity index (χ3n) is 2.86. The first-order valence-electron chi connectivity index (χ1n) is 6.04. The van der Waals surface area contributed by atoms with Crippen LogP contribution in [0.5, 0.6) is 11.5 Å². The SMILES string of the molecule is COc1ccc(CNc2cc(Br)ccc2Br)cc1OC. The molecule has 0 aromatic heterocycles. The van der Waals surface area contributed by atoms with Gasteiger partial charge in [-0.3, -0.25) is 0 Å². The Morgan fingerprint density at radius 1 is 0.950 bits per heavy atom. The smallest absolute Gasteiger partial charge is 0.161 e. The van der Waals surface area contributed by atoms with Crippen molar-refractivity contribution < 1.29 is 9.47 Å². The molecule has 0 aliphatic heterocycles. The van der Waals surface area contributed by atoms with Crippen LogP contribution in [0.4, 0.5) is 5.69 Å². The van der Waals surface area contributed by atoms with E-state index in [0.29, 0.717) is 6.54 Å². The quantitative estimate of drug-likeness (QED) is 0.778. The fourth-order valence-electron chi connectivity index (χ4n) is 1.82. The van der Waals surface area contributed by atoms with Gasteiger partial charge in [0.2, 0.25) is 0 Å². The predicted molar refractivity (Wildman–Crippen MR) is 88.7 cm³/mol. The number of ether oxygens (including phenoxy) is 2. The van der Waals surface area contributed by atoms with Gasteiger partial charge in [0.1, 0.15) is 0 Å². The molecule has 2 aromatic rings. The highest BCUT2D eigenvalue weighted by Crippen LogP contribution is 2.29. The van der Waals surface area contributed by atoms with Crippen molar-refractivity contribution >= 4 is 37.5 Å². The van der Waals surface area contributed by atoms with E-state index in [4.69, 9.17) is 9.47 Å². The zero-order valence-electron chi connectivity index (χ0n) is 11.2. The van der Waals surface area contributed by atoms with Crippen LogP contribution in [0.15, 0.2) is 45.3 Å². The lowest BCUT2D eigenvalue weighted by Crippen LogP contribution is -2.01. The Morgan fingerprint density at radius 3 is 2.40 bits per heavy atom. The van der Waals surface area contributed by atoms with Gasteiger partial charge in [0.25, 0.3) is 0 Å². The lowest BCUT2D eigenvalue weighted by Gasteiger charge is -2.12. The molecule has 0 atom stereocenters. The normalized spacial score (nSPS) is 10.2. The molecule has 0 amide bonds. The van der Waals surface area contributed by atoms with Crippen molar-refractivity contribution in [3.8, 4) is 11.5 Å². The molecule has 0 spiro atoms. The van der Waals surface area contributed by atoms with Crippen LogP contribution >= 0.6 is 31.9 Å². The highest BCUT2D eigenvalue weighted by Gasteiger charge is 2.05. The van der Waals surface area contributed by atoms with Crippen molar-refractivity contribution in [2.45, 2.75) is 6.54 Å². The standard InChI is InChI=1S/C15H15Br2NO2/c1-19-14-6-3-10(7-15(14)20-2)9-18-13-8-11(16)4-5-12(13)17/h3-8,18H,9H2,1-2H3. The number of halogens is 2. The minimum atomic E-state index is 0.704. The molecule has 0 aliphatic rings. The summed E-state index contributed by atoms with van der Waals surface area (Å²) in [7, 11) is 3.27. The predicted octanol–water partition coefficient (Wildman–Crippen LogP) is 4.84. The summed E-state index contributed by atoms with van der Waals surface area (Å²) < 4.78 is 12.6. The number of benzene rings is 2. The highest BCUT2D eigenvalue weighted by molar-refractivity contribution is 9.11. The van der Waals surface area contributed by atoms with Crippen molar-refractivity contribution in [3.05, 3.63) is 50.9 Å². The van der Waals surface area contributed by atoms with Crippen molar-refractivity contribution in [1.82, 2.24) is 0 Å².